The summed E-state index contributed by atoms with van der Waals surface area (Å²) < 4.78 is 16.1. The molecule has 1 atom stereocenters. The maximum atomic E-state index is 5.72. The first kappa shape index (κ1) is 13.0. The number of methoxy groups -OCH3 is 2. The highest BCUT2D eigenvalue weighted by Gasteiger charge is 2.12. The Kier molecular flexibility index (Phi) is 5.26. The van der Waals surface area contributed by atoms with Crippen molar-refractivity contribution in [3.63, 3.8) is 0 Å². The highest BCUT2D eigenvalue weighted by molar-refractivity contribution is 6.18. The maximum Gasteiger partial charge on any atom is 0.203 e. The van der Waals surface area contributed by atoms with E-state index in [0.29, 0.717) is 29.7 Å². The summed E-state index contributed by atoms with van der Waals surface area (Å²) >= 11 is 5.72. The zero-order valence-electron chi connectivity index (χ0n) is 9.83. The number of hydrogen-bond acceptors (Lipinski definition) is 3. The minimum absolute atomic E-state index is 0.288. The molecule has 90 valence electrons. The molecule has 0 saturated carbocycles. The van der Waals surface area contributed by atoms with Crippen LogP contribution in [0.2, 0.25) is 0 Å². The molecule has 0 amide bonds. The molecule has 0 spiro atoms. The lowest BCUT2D eigenvalue weighted by molar-refractivity contribution is 0.244. The van der Waals surface area contributed by atoms with Crippen molar-refractivity contribution in [3.8, 4) is 17.2 Å². The number of alkyl halides is 1. The predicted molar refractivity (Wildman–Crippen MR) is 64.9 cm³/mol. The molecular formula is C12H17ClO3. The maximum absolute atomic E-state index is 5.72. The number of hydrogen-bond donors (Lipinski definition) is 0. The van der Waals surface area contributed by atoms with Gasteiger partial charge < -0.3 is 14.2 Å². The molecule has 0 radical (unpaired) electrons. The highest BCUT2D eigenvalue weighted by Crippen LogP contribution is 2.36. The van der Waals surface area contributed by atoms with E-state index in [2.05, 4.69) is 0 Å². The summed E-state index contributed by atoms with van der Waals surface area (Å²) in [5, 5.41) is 0. The second-order valence-electron chi connectivity index (χ2n) is 3.56. The third-order valence-corrected chi connectivity index (χ3v) is 2.69. The Morgan fingerprint density at radius 1 is 1.19 bits per heavy atom. The van der Waals surface area contributed by atoms with Gasteiger partial charge in [-0.1, -0.05) is 13.0 Å². The Balaban J connectivity index is 2.82. The lowest BCUT2D eigenvalue weighted by Crippen LogP contribution is -2.10. The van der Waals surface area contributed by atoms with Gasteiger partial charge in [0.2, 0.25) is 5.75 Å². The first-order valence-electron chi connectivity index (χ1n) is 5.12. The van der Waals surface area contributed by atoms with Crippen LogP contribution in [0.25, 0.3) is 0 Å². The van der Waals surface area contributed by atoms with Crippen LogP contribution in [-0.2, 0) is 0 Å². The van der Waals surface area contributed by atoms with Gasteiger partial charge >= 0.3 is 0 Å². The Morgan fingerprint density at radius 2 is 1.75 bits per heavy atom. The van der Waals surface area contributed by atoms with Crippen molar-refractivity contribution in [2.75, 3.05) is 26.7 Å². The van der Waals surface area contributed by atoms with E-state index in [1.165, 1.54) is 0 Å². The fraction of sp³-hybridized carbons (Fsp3) is 0.500. The summed E-state index contributed by atoms with van der Waals surface area (Å²) in [5.41, 5.74) is 0. The standard InChI is InChI=1S/C12H17ClO3/c1-9(7-13)8-16-12-10(14-2)5-4-6-11(12)15-3/h4-6,9H,7-8H2,1-3H3. The fourth-order valence-electron chi connectivity index (χ4n) is 1.23. The van der Waals surface area contributed by atoms with Crippen LogP contribution in [0.15, 0.2) is 18.2 Å². The number of para-hydroxylation sites is 1. The lowest BCUT2D eigenvalue weighted by atomic mass is 10.2. The molecule has 0 saturated heterocycles. The molecule has 0 fully saturated rings. The summed E-state index contributed by atoms with van der Waals surface area (Å²) in [7, 11) is 3.21. The number of benzene rings is 1. The predicted octanol–water partition coefficient (Wildman–Crippen LogP) is 2.96. The van der Waals surface area contributed by atoms with Crippen molar-refractivity contribution < 1.29 is 14.2 Å². The van der Waals surface area contributed by atoms with Crippen LogP contribution in [0.5, 0.6) is 17.2 Å². The monoisotopic (exact) mass is 244 g/mol. The van der Waals surface area contributed by atoms with E-state index in [4.69, 9.17) is 25.8 Å². The summed E-state index contributed by atoms with van der Waals surface area (Å²) in [6.45, 7) is 2.56. The van der Waals surface area contributed by atoms with E-state index < -0.39 is 0 Å². The van der Waals surface area contributed by atoms with Gasteiger partial charge in [-0.2, -0.15) is 0 Å². The van der Waals surface area contributed by atoms with Crippen molar-refractivity contribution in [2.24, 2.45) is 5.92 Å². The molecule has 0 bridgehead atoms. The molecule has 0 heterocycles. The van der Waals surface area contributed by atoms with Crippen LogP contribution in [0.3, 0.4) is 0 Å². The van der Waals surface area contributed by atoms with E-state index in [9.17, 15) is 0 Å². The molecular weight excluding hydrogens is 228 g/mol. The van der Waals surface area contributed by atoms with Crippen LogP contribution in [0, 0.1) is 5.92 Å². The quantitative estimate of drug-likeness (QED) is 0.720. The van der Waals surface area contributed by atoms with E-state index in [1.807, 2.05) is 25.1 Å². The largest absolute Gasteiger partial charge is 0.493 e. The second-order valence-corrected chi connectivity index (χ2v) is 3.87. The Morgan fingerprint density at radius 3 is 2.19 bits per heavy atom. The van der Waals surface area contributed by atoms with Crippen LogP contribution in [-0.4, -0.2) is 26.7 Å². The summed E-state index contributed by atoms with van der Waals surface area (Å²) in [5.74, 6) is 2.82. The second kappa shape index (κ2) is 6.48. The number of halogens is 1. The van der Waals surface area contributed by atoms with E-state index in [-0.39, 0.29) is 5.92 Å². The number of ether oxygens (including phenoxy) is 3. The smallest absolute Gasteiger partial charge is 0.203 e. The van der Waals surface area contributed by atoms with E-state index in [0.717, 1.165) is 0 Å². The first-order chi connectivity index (χ1) is 7.72. The molecule has 1 aromatic carbocycles. The Labute approximate surface area is 101 Å². The van der Waals surface area contributed by atoms with Gasteiger partial charge in [0.1, 0.15) is 0 Å². The van der Waals surface area contributed by atoms with Crippen molar-refractivity contribution in [3.05, 3.63) is 18.2 Å². The minimum atomic E-state index is 0.288. The Hall–Kier alpha value is -1.09. The molecule has 0 aliphatic heterocycles. The third kappa shape index (κ3) is 3.20. The molecule has 1 unspecified atom stereocenters. The zero-order chi connectivity index (χ0) is 12.0. The van der Waals surface area contributed by atoms with E-state index >= 15 is 0 Å². The average molecular weight is 245 g/mol. The Bertz CT molecular complexity index is 306. The van der Waals surface area contributed by atoms with Gasteiger partial charge in [-0.15, -0.1) is 11.6 Å². The molecule has 0 aliphatic carbocycles. The molecule has 0 aromatic heterocycles. The minimum Gasteiger partial charge on any atom is -0.493 e. The van der Waals surface area contributed by atoms with Gasteiger partial charge in [-0.05, 0) is 12.1 Å². The van der Waals surface area contributed by atoms with Crippen molar-refractivity contribution in [2.45, 2.75) is 6.92 Å². The molecule has 4 heteroatoms. The van der Waals surface area contributed by atoms with E-state index in [1.54, 1.807) is 14.2 Å². The van der Waals surface area contributed by atoms with Gasteiger partial charge in [0.15, 0.2) is 11.5 Å². The third-order valence-electron chi connectivity index (χ3n) is 2.16. The van der Waals surface area contributed by atoms with Gasteiger partial charge in [-0.3, -0.25) is 0 Å². The van der Waals surface area contributed by atoms with Crippen molar-refractivity contribution >= 4 is 11.6 Å². The average Bonchev–Trinajstić information content (AvgIpc) is 2.35. The van der Waals surface area contributed by atoms with Crippen LogP contribution in [0.4, 0.5) is 0 Å². The van der Waals surface area contributed by atoms with Crippen LogP contribution >= 0.6 is 11.6 Å². The molecule has 16 heavy (non-hydrogen) atoms. The van der Waals surface area contributed by atoms with Crippen molar-refractivity contribution in [1.29, 1.82) is 0 Å². The van der Waals surface area contributed by atoms with Crippen molar-refractivity contribution in [1.82, 2.24) is 0 Å². The molecule has 1 rings (SSSR count). The zero-order valence-corrected chi connectivity index (χ0v) is 10.6. The summed E-state index contributed by atoms with van der Waals surface area (Å²) in [6.07, 6.45) is 0. The lowest BCUT2D eigenvalue weighted by Gasteiger charge is -2.15. The van der Waals surface area contributed by atoms with Gasteiger partial charge in [0, 0.05) is 11.8 Å². The van der Waals surface area contributed by atoms with Crippen LogP contribution < -0.4 is 14.2 Å². The summed E-state index contributed by atoms with van der Waals surface area (Å²) in [4.78, 5) is 0. The molecule has 1 aromatic rings. The fourth-order valence-corrected chi connectivity index (χ4v) is 1.32. The van der Waals surface area contributed by atoms with Crippen LogP contribution in [0.1, 0.15) is 6.92 Å². The number of rotatable bonds is 6. The topological polar surface area (TPSA) is 27.7 Å². The molecule has 3 nitrogen and oxygen atoms in total. The molecule has 0 N–H and O–H groups in total. The highest BCUT2D eigenvalue weighted by atomic mass is 35.5. The van der Waals surface area contributed by atoms with Gasteiger partial charge in [-0.25, -0.2) is 0 Å². The first-order valence-corrected chi connectivity index (χ1v) is 5.66. The SMILES string of the molecule is COc1cccc(OC)c1OCC(C)CCl. The summed E-state index contributed by atoms with van der Waals surface area (Å²) in [6, 6.07) is 5.53. The van der Waals surface area contributed by atoms with Gasteiger partial charge in [0.25, 0.3) is 0 Å². The normalized spacial score (nSPS) is 12.0. The molecule has 0 aliphatic rings. The van der Waals surface area contributed by atoms with Gasteiger partial charge in [0.05, 0.1) is 20.8 Å².